The third-order valence-electron chi connectivity index (χ3n) is 3.29. The summed E-state index contributed by atoms with van der Waals surface area (Å²) in [6, 6.07) is 5.66. The van der Waals surface area contributed by atoms with E-state index in [0.717, 1.165) is 17.7 Å². The molecule has 1 aromatic heterocycles. The van der Waals surface area contributed by atoms with Crippen LogP contribution in [0.5, 0.6) is 0 Å². The second-order valence-corrected chi connectivity index (χ2v) is 5.28. The molecule has 0 aliphatic rings. The van der Waals surface area contributed by atoms with Gasteiger partial charge in [0.25, 0.3) is 0 Å². The molecule has 19 heavy (non-hydrogen) atoms. The van der Waals surface area contributed by atoms with Crippen LogP contribution in [-0.4, -0.2) is 10.7 Å². The summed E-state index contributed by atoms with van der Waals surface area (Å²) >= 11 is 0. The number of nitrogens with two attached hydrogens (primary N) is 1. The van der Waals surface area contributed by atoms with Crippen LogP contribution in [0.1, 0.15) is 46.7 Å². The third kappa shape index (κ3) is 4.51. The fourth-order valence-electron chi connectivity index (χ4n) is 1.96. The number of hydrogen-bond acceptors (Lipinski definition) is 3. The topological polar surface area (TPSA) is 51.3 Å². The van der Waals surface area contributed by atoms with Gasteiger partial charge in [0.05, 0.1) is 5.69 Å². The Morgan fingerprint density at radius 1 is 1.37 bits per heavy atom. The Bertz CT molecular complexity index is 473. The molecule has 2 N–H and O–H groups in total. The first-order valence-corrected chi connectivity index (χ1v) is 6.93. The predicted molar refractivity (Wildman–Crippen MR) is 84.0 cm³/mol. The molecule has 0 aliphatic carbocycles. The zero-order chi connectivity index (χ0) is 14.4. The number of pyridine rings is 1. The molecule has 0 saturated heterocycles. The van der Waals surface area contributed by atoms with Gasteiger partial charge in [-0.25, -0.2) is 4.98 Å². The minimum atomic E-state index is 0.466. The number of anilines is 1. The molecule has 0 unspecified atom stereocenters. The lowest BCUT2D eigenvalue weighted by Gasteiger charge is -2.15. The van der Waals surface area contributed by atoms with Crippen LogP contribution in [0, 0.1) is 11.8 Å². The van der Waals surface area contributed by atoms with Crippen molar-refractivity contribution in [3.63, 3.8) is 0 Å². The largest absolute Gasteiger partial charge is 0.384 e. The van der Waals surface area contributed by atoms with E-state index in [-0.39, 0.29) is 0 Å². The Morgan fingerprint density at radius 2 is 2.05 bits per heavy atom. The molecule has 0 bridgehead atoms. The Balaban J connectivity index is 3.00. The summed E-state index contributed by atoms with van der Waals surface area (Å²) in [6.07, 6.45) is 3.02. The minimum Gasteiger partial charge on any atom is -0.384 e. The van der Waals surface area contributed by atoms with Crippen molar-refractivity contribution in [3.8, 4) is 0 Å². The van der Waals surface area contributed by atoms with Crippen LogP contribution in [0.2, 0.25) is 0 Å². The van der Waals surface area contributed by atoms with E-state index in [0.29, 0.717) is 17.7 Å². The highest BCUT2D eigenvalue weighted by atomic mass is 14.8. The van der Waals surface area contributed by atoms with Crippen LogP contribution in [-0.2, 0) is 0 Å². The molecule has 1 atom stereocenters. The summed E-state index contributed by atoms with van der Waals surface area (Å²) in [5.74, 6) is 1.52. The molecule has 0 amide bonds. The van der Waals surface area contributed by atoms with Crippen LogP contribution < -0.4 is 5.73 Å². The smallest absolute Gasteiger partial charge is 0.124 e. The highest BCUT2D eigenvalue weighted by Gasteiger charge is 2.11. The molecule has 104 valence electrons. The molecule has 0 aliphatic heterocycles. The lowest BCUT2D eigenvalue weighted by molar-refractivity contribution is 0.684. The zero-order valence-corrected chi connectivity index (χ0v) is 12.6. The van der Waals surface area contributed by atoms with Crippen molar-refractivity contribution < 1.29 is 0 Å². The van der Waals surface area contributed by atoms with Gasteiger partial charge in [-0.05, 0) is 42.9 Å². The molecule has 1 heterocycles. The van der Waals surface area contributed by atoms with E-state index in [1.54, 1.807) is 6.07 Å². The molecule has 3 nitrogen and oxygen atoms in total. The Hall–Kier alpha value is -1.64. The van der Waals surface area contributed by atoms with Crippen molar-refractivity contribution >= 4 is 17.1 Å². The molecule has 1 aromatic rings. The zero-order valence-electron chi connectivity index (χ0n) is 12.6. The van der Waals surface area contributed by atoms with Crippen molar-refractivity contribution in [3.05, 3.63) is 30.1 Å². The maximum absolute atomic E-state index is 5.70. The average molecular weight is 259 g/mol. The number of nitrogens with zero attached hydrogens (tertiary/aromatic N) is 2. The predicted octanol–water partition coefficient (Wildman–Crippen LogP) is 4.17. The van der Waals surface area contributed by atoms with Crippen LogP contribution in [0.15, 0.2) is 29.4 Å². The van der Waals surface area contributed by atoms with Gasteiger partial charge in [-0.3, -0.25) is 4.99 Å². The van der Waals surface area contributed by atoms with Gasteiger partial charge in [0.1, 0.15) is 5.82 Å². The minimum absolute atomic E-state index is 0.466. The molecule has 0 aromatic carbocycles. The van der Waals surface area contributed by atoms with E-state index >= 15 is 0 Å². The number of aliphatic imine (C=N–C) groups is 1. The number of allylic oxidation sites excluding steroid dienone is 1. The summed E-state index contributed by atoms with van der Waals surface area (Å²) in [5.41, 5.74) is 8.86. The van der Waals surface area contributed by atoms with E-state index in [2.05, 4.69) is 37.7 Å². The number of nitrogen functional groups attached to an aromatic ring is 1. The molecule has 3 heteroatoms. The summed E-state index contributed by atoms with van der Waals surface area (Å²) in [5, 5.41) is 0. The summed E-state index contributed by atoms with van der Waals surface area (Å²) < 4.78 is 0. The summed E-state index contributed by atoms with van der Waals surface area (Å²) in [7, 11) is 0. The second kappa shape index (κ2) is 7.07. The molecule has 0 radical (unpaired) electrons. The molecular formula is C16H25N3. The van der Waals surface area contributed by atoms with Gasteiger partial charge in [0.15, 0.2) is 0 Å². The SMILES string of the molecule is CC[C@H](C)/C(=N/C=C(\C)c1cccc(N)n1)C(C)C. The number of hydrogen-bond donors (Lipinski definition) is 1. The fraction of sp³-hybridized carbons (Fsp3) is 0.500. The standard InChI is InChI=1S/C16H25N3/c1-6-12(4)16(11(2)3)18-10-13(5)14-8-7-9-15(17)19-14/h7-12H,6H2,1-5H3,(H2,17,19)/b13-10+,18-16+/t12-/m0/s1. The van der Waals surface area contributed by atoms with Crippen LogP contribution in [0.3, 0.4) is 0 Å². The Kier molecular flexibility index (Phi) is 5.74. The Morgan fingerprint density at radius 3 is 2.58 bits per heavy atom. The van der Waals surface area contributed by atoms with Gasteiger partial charge in [0.2, 0.25) is 0 Å². The highest BCUT2D eigenvalue weighted by molar-refractivity contribution is 5.89. The van der Waals surface area contributed by atoms with Gasteiger partial charge in [0, 0.05) is 11.9 Å². The average Bonchev–Trinajstić information content (AvgIpc) is 2.37. The normalized spacial score (nSPS) is 14.8. The van der Waals surface area contributed by atoms with Crippen LogP contribution in [0.25, 0.3) is 5.57 Å². The van der Waals surface area contributed by atoms with E-state index in [9.17, 15) is 0 Å². The van der Waals surface area contributed by atoms with Gasteiger partial charge >= 0.3 is 0 Å². The van der Waals surface area contributed by atoms with Crippen molar-refractivity contribution in [2.45, 2.75) is 41.0 Å². The fourth-order valence-corrected chi connectivity index (χ4v) is 1.96. The lowest BCUT2D eigenvalue weighted by Crippen LogP contribution is -2.16. The lowest BCUT2D eigenvalue weighted by atomic mass is 9.94. The van der Waals surface area contributed by atoms with Crippen molar-refractivity contribution in [1.82, 2.24) is 4.98 Å². The van der Waals surface area contributed by atoms with Gasteiger partial charge in [-0.2, -0.15) is 0 Å². The highest BCUT2D eigenvalue weighted by Crippen LogP contribution is 2.16. The maximum Gasteiger partial charge on any atom is 0.124 e. The van der Waals surface area contributed by atoms with Crippen LogP contribution in [0.4, 0.5) is 5.82 Å². The molecule has 0 fully saturated rings. The van der Waals surface area contributed by atoms with E-state index in [1.165, 1.54) is 5.71 Å². The van der Waals surface area contributed by atoms with Crippen molar-refractivity contribution in [2.75, 3.05) is 5.73 Å². The van der Waals surface area contributed by atoms with Crippen LogP contribution >= 0.6 is 0 Å². The van der Waals surface area contributed by atoms with Crippen molar-refractivity contribution in [2.24, 2.45) is 16.8 Å². The third-order valence-corrected chi connectivity index (χ3v) is 3.29. The molecular weight excluding hydrogens is 234 g/mol. The van der Waals surface area contributed by atoms with E-state index in [1.807, 2.05) is 25.3 Å². The molecule has 1 rings (SSSR count). The van der Waals surface area contributed by atoms with Gasteiger partial charge < -0.3 is 5.73 Å². The summed E-state index contributed by atoms with van der Waals surface area (Å²) in [4.78, 5) is 8.97. The molecule has 0 saturated carbocycles. The quantitative estimate of drug-likeness (QED) is 0.807. The van der Waals surface area contributed by atoms with Crippen molar-refractivity contribution in [1.29, 1.82) is 0 Å². The first-order chi connectivity index (χ1) is 8.95. The number of rotatable bonds is 5. The van der Waals surface area contributed by atoms with Gasteiger partial charge in [-0.1, -0.05) is 33.8 Å². The molecule has 0 spiro atoms. The Labute approximate surface area is 116 Å². The van der Waals surface area contributed by atoms with E-state index < -0.39 is 0 Å². The van der Waals surface area contributed by atoms with Gasteiger partial charge in [-0.15, -0.1) is 0 Å². The monoisotopic (exact) mass is 259 g/mol. The van der Waals surface area contributed by atoms with E-state index in [4.69, 9.17) is 5.73 Å². The number of aromatic nitrogens is 1. The first kappa shape index (κ1) is 15.4. The first-order valence-electron chi connectivity index (χ1n) is 6.93. The maximum atomic E-state index is 5.70. The summed E-state index contributed by atoms with van der Waals surface area (Å²) in [6.45, 7) is 10.8. The second-order valence-electron chi connectivity index (χ2n) is 5.28.